The van der Waals surface area contributed by atoms with Crippen molar-refractivity contribution in [2.45, 2.75) is 13.0 Å². The van der Waals surface area contributed by atoms with Gasteiger partial charge < -0.3 is 19.9 Å². The molecular weight excluding hydrogens is 517 g/mol. The van der Waals surface area contributed by atoms with Crippen LogP contribution in [0.15, 0.2) is 53.9 Å². The maximum absolute atomic E-state index is 12.6. The number of ether oxygens (including phenoxy) is 1. The highest BCUT2D eigenvalue weighted by Crippen LogP contribution is 2.31. The van der Waals surface area contributed by atoms with Crippen LogP contribution < -0.4 is 15.0 Å². The van der Waals surface area contributed by atoms with Gasteiger partial charge in [-0.2, -0.15) is 0 Å². The molecule has 0 bridgehead atoms. The molecule has 2 amide bonds. The van der Waals surface area contributed by atoms with Gasteiger partial charge >= 0.3 is 0 Å². The van der Waals surface area contributed by atoms with Crippen LogP contribution in [0.4, 0.5) is 11.4 Å². The Kier molecular flexibility index (Phi) is 7.88. The molecule has 4 rings (SSSR count). The lowest BCUT2D eigenvalue weighted by Gasteiger charge is -2.36. The van der Waals surface area contributed by atoms with Gasteiger partial charge in [0.1, 0.15) is 5.75 Å². The summed E-state index contributed by atoms with van der Waals surface area (Å²) in [6.45, 7) is 4.22. The van der Waals surface area contributed by atoms with Crippen molar-refractivity contribution in [3.63, 3.8) is 0 Å². The van der Waals surface area contributed by atoms with Gasteiger partial charge in [0.05, 0.1) is 20.6 Å². The zero-order valence-corrected chi connectivity index (χ0v) is 21.3. The van der Waals surface area contributed by atoms with E-state index in [1.807, 2.05) is 28.5 Å². The largest absolute Gasteiger partial charge is 0.479 e. The Morgan fingerprint density at radius 3 is 2.41 bits per heavy atom. The van der Waals surface area contributed by atoms with Gasteiger partial charge in [-0.05, 0) is 54.8 Å². The number of carbonyl (C=O) groups excluding carboxylic acids is 2. The van der Waals surface area contributed by atoms with Gasteiger partial charge in [-0.25, -0.2) is 0 Å². The summed E-state index contributed by atoms with van der Waals surface area (Å²) in [5.74, 6) is 0.101. The topological polar surface area (TPSA) is 61.9 Å². The number of nitrogens with zero attached hydrogens (tertiary/aromatic N) is 2. The molecule has 34 heavy (non-hydrogen) atoms. The fourth-order valence-electron chi connectivity index (χ4n) is 3.61. The number of thiophene rings is 1. The van der Waals surface area contributed by atoms with Crippen LogP contribution in [0, 0.1) is 0 Å². The number of anilines is 2. The van der Waals surface area contributed by atoms with E-state index >= 15 is 0 Å². The normalized spacial score (nSPS) is 14.6. The second-order valence-corrected chi connectivity index (χ2v) is 9.95. The number of hydrogen-bond donors (Lipinski definition) is 1. The van der Waals surface area contributed by atoms with Crippen LogP contribution in [-0.4, -0.2) is 49.0 Å². The Balaban J connectivity index is 1.34. The van der Waals surface area contributed by atoms with Crippen LogP contribution in [-0.2, 0) is 4.79 Å². The number of hydrogen-bond acceptors (Lipinski definition) is 5. The first-order chi connectivity index (χ1) is 16.3. The van der Waals surface area contributed by atoms with Crippen molar-refractivity contribution >= 4 is 69.3 Å². The van der Waals surface area contributed by atoms with Crippen molar-refractivity contribution in [3.8, 4) is 5.75 Å². The average molecular weight is 539 g/mol. The number of rotatable bonds is 6. The third-order valence-electron chi connectivity index (χ3n) is 5.42. The minimum absolute atomic E-state index is 0.0648. The SMILES string of the molecule is C[C@H](Oc1ccc(Cl)cc1Cl)C(=O)Nc1ccc(N2CCN(C(=O)c3cccs3)CC2)c(Cl)c1. The van der Waals surface area contributed by atoms with E-state index in [2.05, 4.69) is 10.2 Å². The average Bonchev–Trinajstić information content (AvgIpc) is 3.36. The Bertz CT molecular complexity index is 1180. The van der Waals surface area contributed by atoms with Crippen molar-refractivity contribution in [3.05, 3.63) is 73.9 Å². The number of benzene rings is 2. The summed E-state index contributed by atoms with van der Waals surface area (Å²) < 4.78 is 5.66. The highest BCUT2D eigenvalue weighted by molar-refractivity contribution is 7.12. The molecule has 0 unspecified atom stereocenters. The third kappa shape index (κ3) is 5.78. The highest BCUT2D eigenvalue weighted by Gasteiger charge is 2.24. The summed E-state index contributed by atoms with van der Waals surface area (Å²) >= 11 is 20.0. The van der Waals surface area contributed by atoms with E-state index in [0.717, 1.165) is 10.6 Å². The first kappa shape index (κ1) is 24.7. The molecule has 0 saturated carbocycles. The van der Waals surface area contributed by atoms with Gasteiger partial charge in [-0.1, -0.05) is 40.9 Å². The first-order valence-electron chi connectivity index (χ1n) is 10.6. The van der Waals surface area contributed by atoms with Crippen LogP contribution >= 0.6 is 46.1 Å². The zero-order chi connectivity index (χ0) is 24.2. The molecule has 2 heterocycles. The summed E-state index contributed by atoms with van der Waals surface area (Å²) in [6, 6.07) is 13.9. The van der Waals surface area contributed by atoms with Gasteiger partial charge in [0.2, 0.25) is 0 Å². The van der Waals surface area contributed by atoms with E-state index in [1.54, 1.807) is 37.3 Å². The monoisotopic (exact) mass is 537 g/mol. The Morgan fingerprint density at radius 1 is 1.00 bits per heavy atom. The van der Waals surface area contributed by atoms with Crippen LogP contribution in [0.1, 0.15) is 16.6 Å². The minimum atomic E-state index is -0.786. The van der Waals surface area contributed by atoms with Crippen LogP contribution in [0.25, 0.3) is 0 Å². The number of halogens is 3. The van der Waals surface area contributed by atoms with Crippen molar-refractivity contribution < 1.29 is 14.3 Å². The second-order valence-electron chi connectivity index (χ2n) is 7.75. The summed E-state index contributed by atoms with van der Waals surface area (Å²) in [5.41, 5.74) is 1.42. The van der Waals surface area contributed by atoms with E-state index < -0.39 is 6.10 Å². The molecule has 0 radical (unpaired) electrons. The maximum Gasteiger partial charge on any atom is 0.265 e. The van der Waals surface area contributed by atoms with Crippen LogP contribution in [0.3, 0.4) is 0 Å². The summed E-state index contributed by atoms with van der Waals surface area (Å²) in [6.07, 6.45) is -0.786. The van der Waals surface area contributed by atoms with Crippen molar-refractivity contribution in [1.29, 1.82) is 0 Å². The summed E-state index contributed by atoms with van der Waals surface area (Å²) in [4.78, 5) is 29.9. The molecule has 1 aromatic heterocycles. The summed E-state index contributed by atoms with van der Waals surface area (Å²) in [5, 5.41) is 6.05. The van der Waals surface area contributed by atoms with Crippen molar-refractivity contribution in [1.82, 2.24) is 4.90 Å². The Morgan fingerprint density at radius 2 is 1.76 bits per heavy atom. The molecule has 1 saturated heterocycles. The molecule has 178 valence electrons. The molecule has 3 aromatic rings. The zero-order valence-electron chi connectivity index (χ0n) is 18.3. The summed E-state index contributed by atoms with van der Waals surface area (Å²) in [7, 11) is 0. The molecule has 0 spiro atoms. The molecule has 10 heteroatoms. The van der Waals surface area contributed by atoms with Crippen molar-refractivity contribution in [2.24, 2.45) is 0 Å². The Hall–Kier alpha value is -2.45. The molecule has 1 atom stereocenters. The molecule has 1 aliphatic heterocycles. The van der Waals surface area contributed by atoms with Crippen molar-refractivity contribution in [2.75, 3.05) is 36.4 Å². The van der Waals surface area contributed by atoms with E-state index in [9.17, 15) is 9.59 Å². The molecule has 2 aromatic carbocycles. The number of amides is 2. The molecule has 1 aliphatic rings. The van der Waals surface area contributed by atoms with E-state index in [1.165, 1.54) is 11.3 Å². The van der Waals surface area contributed by atoms with Gasteiger partial charge in [0, 0.05) is 36.9 Å². The second kappa shape index (κ2) is 10.9. The molecule has 0 aliphatic carbocycles. The van der Waals surface area contributed by atoms with Gasteiger partial charge in [-0.15, -0.1) is 11.3 Å². The quantitative estimate of drug-likeness (QED) is 0.413. The lowest BCUT2D eigenvalue weighted by molar-refractivity contribution is -0.122. The predicted octanol–water partition coefficient (Wildman–Crippen LogP) is 6.08. The predicted molar refractivity (Wildman–Crippen MR) is 139 cm³/mol. The number of nitrogens with one attached hydrogen (secondary N) is 1. The highest BCUT2D eigenvalue weighted by atomic mass is 35.5. The van der Waals surface area contributed by atoms with Crippen LogP contribution in [0.5, 0.6) is 5.75 Å². The Labute approximate surface area is 217 Å². The smallest absolute Gasteiger partial charge is 0.265 e. The van der Waals surface area contributed by atoms with Crippen LogP contribution in [0.2, 0.25) is 15.1 Å². The molecular formula is C24H22Cl3N3O3S. The minimum Gasteiger partial charge on any atom is -0.479 e. The van der Waals surface area contributed by atoms with Gasteiger partial charge in [0.25, 0.3) is 11.8 Å². The lowest BCUT2D eigenvalue weighted by atomic mass is 10.2. The van der Waals surface area contributed by atoms with E-state index in [-0.39, 0.29) is 11.8 Å². The number of piperazine rings is 1. The third-order valence-corrected chi connectivity index (χ3v) is 7.11. The fourth-order valence-corrected chi connectivity index (χ4v) is 5.05. The van der Waals surface area contributed by atoms with Gasteiger partial charge in [0.15, 0.2) is 6.10 Å². The molecule has 6 nitrogen and oxygen atoms in total. The lowest BCUT2D eigenvalue weighted by Crippen LogP contribution is -2.48. The molecule has 1 fully saturated rings. The van der Waals surface area contributed by atoms with E-state index in [4.69, 9.17) is 39.5 Å². The van der Waals surface area contributed by atoms with E-state index in [0.29, 0.717) is 52.7 Å². The maximum atomic E-state index is 12.6. The fraction of sp³-hybridized carbons (Fsp3) is 0.250. The first-order valence-corrected chi connectivity index (χ1v) is 12.6. The molecule has 1 N–H and O–H groups in total. The standard InChI is InChI=1S/C24H22Cl3N3O3S/c1-15(33-21-7-4-16(25)13-19(21)27)23(31)28-17-5-6-20(18(26)14-17)29-8-10-30(11-9-29)24(32)22-3-2-12-34-22/h2-7,12-15H,8-11H2,1H3,(H,28,31)/t15-/m0/s1. The van der Waals surface area contributed by atoms with Gasteiger partial charge in [-0.3, -0.25) is 9.59 Å². The number of carbonyl (C=O) groups is 2.